The maximum atomic E-state index is 10.7. The Balaban J connectivity index is 3.54. The third kappa shape index (κ3) is 7.77. The lowest BCUT2D eigenvalue weighted by Gasteiger charge is -2.07. The Kier molecular flexibility index (Phi) is 4.63. The molecule has 4 nitrogen and oxygen atoms in total. The van der Waals surface area contributed by atoms with Crippen molar-refractivity contribution in [1.29, 1.82) is 0 Å². The first-order valence-electron chi connectivity index (χ1n) is 3.59. The molecule has 0 aromatic rings. The SMILES string of the molecule is CS(=O)(=O)CCC(N)CCN. The Morgan fingerprint density at radius 3 is 2.27 bits per heavy atom. The summed E-state index contributed by atoms with van der Waals surface area (Å²) in [5.41, 5.74) is 10.8. The molecule has 1 unspecified atom stereocenters. The minimum atomic E-state index is -2.86. The van der Waals surface area contributed by atoms with Gasteiger partial charge in [0.2, 0.25) is 0 Å². The standard InChI is InChI=1S/C6H16N2O2S/c1-11(9,10)5-3-6(8)2-4-7/h6H,2-5,7-8H2,1H3. The molecule has 0 heterocycles. The molecular formula is C6H16N2O2S. The Labute approximate surface area is 67.9 Å². The second-order valence-electron chi connectivity index (χ2n) is 2.76. The van der Waals surface area contributed by atoms with Crippen LogP contribution in [0.15, 0.2) is 0 Å². The summed E-state index contributed by atoms with van der Waals surface area (Å²) in [6.45, 7) is 0.519. The second kappa shape index (κ2) is 4.69. The minimum Gasteiger partial charge on any atom is -0.330 e. The maximum absolute atomic E-state index is 10.7. The molecule has 0 aromatic heterocycles. The molecule has 1 atom stereocenters. The zero-order valence-electron chi connectivity index (χ0n) is 6.79. The molecule has 0 spiro atoms. The fourth-order valence-electron chi connectivity index (χ4n) is 0.724. The molecule has 0 aliphatic rings. The summed E-state index contributed by atoms with van der Waals surface area (Å²) < 4.78 is 21.3. The first kappa shape index (κ1) is 10.9. The van der Waals surface area contributed by atoms with Gasteiger partial charge in [0.05, 0.1) is 5.75 Å². The number of hydrogen-bond acceptors (Lipinski definition) is 4. The quantitative estimate of drug-likeness (QED) is 0.574. The van der Waals surface area contributed by atoms with Crippen molar-refractivity contribution >= 4 is 9.84 Å². The number of sulfone groups is 1. The van der Waals surface area contributed by atoms with E-state index in [-0.39, 0.29) is 11.8 Å². The van der Waals surface area contributed by atoms with Crippen molar-refractivity contribution < 1.29 is 8.42 Å². The first-order valence-corrected chi connectivity index (χ1v) is 5.65. The van der Waals surface area contributed by atoms with Gasteiger partial charge in [0.15, 0.2) is 0 Å². The van der Waals surface area contributed by atoms with Gasteiger partial charge in [-0.1, -0.05) is 0 Å². The molecule has 5 heteroatoms. The predicted octanol–water partition coefficient (Wildman–Crippen LogP) is -0.903. The number of hydrogen-bond donors (Lipinski definition) is 2. The summed E-state index contributed by atoms with van der Waals surface area (Å²) in [5.74, 6) is 0.161. The third-order valence-electron chi connectivity index (χ3n) is 1.40. The average molecular weight is 180 g/mol. The van der Waals surface area contributed by atoms with Crippen LogP contribution in [-0.4, -0.2) is 33.0 Å². The second-order valence-corrected chi connectivity index (χ2v) is 5.02. The molecular weight excluding hydrogens is 164 g/mol. The lowest BCUT2D eigenvalue weighted by atomic mass is 10.2. The third-order valence-corrected chi connectivity index (χ3v) is 2.37. The van der Waals surface area contributed by atoms with E-state index in [0.717, 1.165) is 0 Å². The molecule has 0 aliphatic carbocycles. The summed E-state index contributed by atoms with van der Waals surface area (Å²) in [6, 6.07) is -0.0743. The molecule has 0 aromatic carbocycles. The largest absolute Gasteiger partial charge is 0.330 e. The van der Waals surface area contributed by atoms with Gasteiger partial charge in [-0.2, -0.15) is 0 Å². The van der Waals surface area contributed by atoms with Crippen LogP contribution in [0.1, 0.15) is 12.8 Å². The smallest absolute Gasteiger partial charge is 0.147 e. The van der Waals surface area contributed by atoms with E-state index >= 15 is 0 Å². The van der Waals surface area contributed by atoms with Gasteiger partial charge < -0.3 is 11.5 Å². The van der Waals surface area contributed by atoms with Crippen LogP contribution in [0.2, 0.25) is 0 Å². The van der Waals surface area contributed by atoms with Crippen LogP contribution in [0.5, 0.6) is 0 Å². The number of rotatable bonds is 5. The van der Waals surface area contributed by atoms with Crippen molar-refractivity contribution in [2.75, 3.05) is 18.6 Å². The van der Waals surface area contributed by atoms with E-state index in [1.54, 1.807) is 0 Å². The molecule has 0 radical (unpaired) electrons. The highest BCUT2D eigenvalue weighted by atomic mass is 32.2. The van der Waals surface area contributed by atoms with Crippen LogP contribution < -0.4 is 11.5 Å². The molecule has 0 saturated heterocycles. The molecule has 0 amide bonds. The van der Waals surface area contributed by atoms with E-state index in [1.807, 2.05) is 0 Å². The molecule has 68 valence electrons. The molecule has 0 fully saturated rings. The minimum absolute atomic E-state index is 0.0743. The predicted molar refractivity (Wildman–Crippen MR) is 46.0 cm³/mol. The van der Waals surface area contributed by atoms with Gasteiger partial charge in [-0.15, -0.1) is 0 Å². The van der Waals surface area contributed by atoms with E-state index in [4.69, 9.17) is 11.5 Å². The van der Waals surface area contributed by atoms with Crippen LogP contribution in [-0.2, 0) is 9.84 Å². The first-order chi connectivity index (χ1) is 4.95. The van der Waals surface area contributed by atoms with Gasteiger partial charge in [0.25, 0.3) is 0 Å². The topological polar surface area (TPSA) is 86.2 Å². The zero-order valence-corrected chi connectivity index (χ0v) is 7.60. The summed E-state index contributed by atoms with van der Waals surface area (Å²) in [7, 11) is -2.86. The average Bonchev–Trinajstić information content (AvgIpc) is 1.83. The fraction of sp³-hybridized carbons (Fsp3) is 1.00. The highest BCUT2D eigenvalue weighted by Crippen LogP contribution is 1.96. The summed E-state index contributed by atoms with van der Waals surface area (Å²) in [5, 5.41) is 0. The maximum Gasteiger partial charge on any atom is 0.147 e. The summed E-state index contributed by atoms with van der Waals surface area (Å²) in [4.78, 5) is 0. The van der Waals surface area contributed by atoms with Crippen LogP contribution >= 0.6 is 0 Å². The van der Waals surface area contributed by atoms with Crippen molar-refractivity contribution in [2.45, 2.75) is 18.9 Å². The molecule has 0 bridgehead atoms. The van der Waals surface area contributed by atoms with Gasteiger partial charge in [-0.25, -0.2) is 8.42 Å². The van der Waals surface area contributed by atoms with Gasteiger partial charge in [-0.3, -0.25) is 0 Å². The Morgan fingerprint density at radius 1 is 1.36 bits per heavy atom. The normalized spacial score (nSPS) is 14.8. The van der Waals surface area contributed by atoms with Gasteiger partial charge >= 0.3 is 0 Å². The van der Waals surface area contributed by atoms with Crippen molar-refractivity contribution in [3.63, 3.8) is 0 Å². The van der Waals surface area contributed by atoms with E-state index in [1.165, 1.54) is 6.26 Å². The van der Waals surface area contributed by atoms with Gasteiger partial charge in [0, 0.05) is 12.3 Å². The Hall–Kier alpha value is -0.130. The zero-order chi connectivity index (χ0) is 8.91. The van der Waals surface area contributed by atoms with Crippen molar-refractivity contribution in [1.82, 2.24) is 0 Å². The van der Waals surface area contributed by atoms with Gasteiger partial charge in [-0.05, 0) is 19.4 Å². The lowest BCUT2D eigenvalue weighted by molar-refractivity contribution is 0.574. The Bertz CT molecular complexity index is 189. The van der Waals surface area contributed by atoms with Gasteiger partial charge in [0.1, 0.15) is 9.84 Å². The van der Waals surface area contributed by atoms with E-state index in [9.17, 15) is 8.42 Å². The molecule has 0 aliphatic heterocycles. The van der Waals surface area contributed by atoms with E-state index in [2.05, 4.69) is 0 Å². The highest BCUT2D eigenvalue weighted by molar-refractivity contribution is 7.90. The summed E-state index contributed by atoms with van der Waals surface area (Å²) in [6.07, 6.45) is 2.41. The van der Waals surface area contributed by atoms with E-state index < -0.39 is 9.84 Å². The highest BCUT2D eigenvalue weighted by Gasteiger charge is 2.06. The molecule has 11 heavy (non-hydrogen) atoms. The molecule has 0 saturated carbocycles. The number of nitrogens with two attached hydrogens (primary N) is 2. The Morgan fingerprint density at radius 2 is 1.91 bits per heavy atom. The van der Waals surface area contributed by atoms with Crippen molar-refractivity contribution in [2.24, 2.45) is 11.5 Å². The van der Waals surface area contributed by atoms with Crippen molar-refractivity contribution in [3.8, 4) is 0 Å². The monoisotopic (exact) mass is 180 g/mol. The van der Waals surface area contributed by atoms with Crippen molar-refractivity contribution in [3.05, 3.63) is 0 Å². The molecule has 0 rings (SSSR count). The van der Waals surface area contributed by atoms with Crippen LogP contribution in [0.4, 0.5) is 0 Å². The van der Waals surface area contributed by atoms with Crippen LogP contribution in [0.3, 0.4) is 0 Å². The summed E-state index contributed by atoms with van der Waals surface area (Å²) >= 11 is 0. The molecule has 4 N–H and O–H groups in total. The van der Waals surface area contributed by atoms with E-state index in [0.29, 0.717) is 19.4 Å². The van der Waals surface area contributed by atoms with Crippen LogP contribution in [0, 0.1) is 0 Å². The fourth-order valence-corrected chi connectivity index (χ4v) is 1.45. The lowest BCUT2D eigenvalue weighted by Crippen LogP contribution is -2.26. The van der Waals surface area contributed by atoms with Crippen LogP contribution in [0.25, 0.3) is 0 Å².